The highest BCUT2D eigenvalue weighted by atomic mass is 15.6. The topological polar surface area (TPSA) is 77.0 Å². The zero-order valence-electron chi connectivity index (χ0n) is 5.42. The van der Waals surface area contributed by atoms with Gasteiger partial charge in [-0.05, 0) is 16.8 Å². The van der Waals surface area contributed by atoms with E-state index in [1.165, 1.54) is 0 Å². The van der Waals surface area contributed by atoms with Gasteiger partial charge in [-0.2, -0.15) is 0 Å². The fourth-order valence-electron chi connectivity index (χ4n) is 0.649. The first-order valence-electron chi connectivity index (χ1n) is 2.93. The van der Waals surface area contributed by atoms with E-state index in [4.69, 9.17) is 0 Å². The second-order valence-corrected chi connectivity index (χ2v) is 1.77. The van der Waals surface area contributed by atoms with E-state index in [1.54, 1.807) is 18.5 Å². The average Bonchev–Trinajstić information content (AvgIpc) is 2.58. The monoisotopic (exact) mass is 147 g/mol. The molecule has 53 valence electrons. The third-order valence-electron chi connectivity index (χ3n) is 1.08. The van der Waals surface area contributed by atoms with Crippen LogP contribution in [0.25, 0.3) is 0 Å². The van der Waals surface area contributed by atoms with Crippen LogP contribution in [0, 0.1) is 0 Å². The zero-order chi connectivity index (χ0) is 7.52. The summed E-state index contributed by atoms with van der Waals surface area (Å²) in [4.78, 5) is 7.81. The molecule has 0 fully saturated rings. The lowest BCUT2D eigenvalue weighted by Crippen LogP contribution is -2.00. The summed E-state index contributed by atoms with van der Waals surface area (Å²) in [5.41, 5.74) is 3.31. The van der Waals surface area contributed by atoms with Gasteiger partial charge in [0.1, 0.15) is 0 Å². The van der Waals surface area contributed by atoms with Crippen LogP contribution in [0.4, 0.5) is 0 Å². The van der Waals surface area contributed by atoms with Crippen molar-refractivity contribution in [1.82, 2.24) is 15.5 Å². The summed E-state index contributed by atoms with van der Waals surface area (Å²) in [6.45, 7) is 0. The molecule has 0 bridgehead atoms. The van der Waals surface area contributed by atoms with E-state index in [2.05, 4.69) is 30.9 Å². The first kappa shape index (κ1) is 5.90. The highest BCUT2D eigenvalue weighted by Crippen LogP contribution is 1.98. The number of hydrogen-bond donors (Lipinski definition) is 0. The van der Waals surface area contributed by atoms with E-state index >= 15 is 0 Å². The smallest absolute Gasteiger partial charge is 0.234 e. The third kappa shape index (κ3) is 1.05. The lowest BCUT2D eigenvalue weighted by Gasteiger charge is -1.88. The SMILES string of the molecule is c1cnc(C2=N[N]N=N2)nc1. The first-order chi connectivity index (χ1) is 5.47. The van der Waals surface area contributed by atoms with Gasteiger partial charge in [-0.3, -0.25) is 0 Å². The molecule has 6 nitrogen and oxygen atoms in total. The molecule has 0 saturated carbocycles. The highest BCUT2D eigenvalue weighted by Gasteiger charge is 2.08. The molecule has 0 unspecified atom stereocenters. The van der Waals surface area contributed by atoms with Gasteiger partial charge >= 0.3 is 0 Å². The molecule has 0 atom stereocenters. The quantitative estimate of drug-likeness (QED) is 0.565. The Bertz CT molecular complexity index is 302. The Labute approximate surface area is 62.1 Å². The predicted molar refractivity (Wildman–Crippen MR) is 35.6 cm³/mol. The molecule has 0 spiro atoms. The molecule has 1 aliphatic heterocycles. The van der Waals surface area contributed by atoms with Crippen molar-refractivity contribution in [3.8, 4) is 0 Å². The maximum atomic E-state index is 3.91. The molecule has 11 heavy (non-hydrogen) atoms. The van der Waals surface area contributed by atoms with Crippen LogP contribution in [0.5, 0.6) is 0 Å². The minimum atomic E-state index is 0.352. The van der Waals surface area contributed by atoms with Gasteiger partial charge in [0, 0.05) is 12.4 Å². The highest BCUT2D eigenvalue weighted by molar-refractivity contribution is 5.95. The number of amidine groups is 1. The van der Waals surface area contributed by atoms with E-state index in [9.17, 15) is 0 Å². The molecule has 0 aromatic carbocycles. The van der Waals surface area contributed by atoms with Crippen molar-refractivity contribution in [2.45, 2.75) is 0 Å². The molecule has 0 amide bonds. The Morgan fingerprint density at radius 3 is 2.55 bits per heavy atom. The van der Waals surface area contributed by atoms with Crippen LogP contribution in [0.2, 0.25) is 0 Å². The van der Waals surface area contributed by atoms with Gasteiger partial charge in [-0.15, -0.1) is 10.2 Å². The molecule has 1 aromatic rings. The summed E-state index contributed by atoms with van der Waals surface area (Å²) in [5, 5.41) is 10.5. The zero-order valence-corrected chi connectivity index (χ0v) is 5.42. The lowest BCUT2D eigenvalue weighted by atomic mass is 10.5. The molecule has 1 aliphatic rings. The Kier molecular flexibility index (Phi) is 1.29. The molecule has 0 aliphatic carbocycles. The maximum Gasteiger partial charge on any atom is 0.244 e. The lowest BCUT2D eigenvalue weighted by molar-refractivity contribution is 0.780. The van der Waals surface area contributed by atoms with Crippen LogP contribution in [0.3, 0.4) is 0 Å². The van der Waals surface area contributed by atoms with Crippen molar-refractivity contribution in [1.29, 1.82) is 0 Å². The van der Waals surface area contributed by atoms with Crippen LogP contribution >= 0.6 is 0 Å². The summed E-state index contributed by atoms with van der Waals surface area (Å²) >= 11 is 0. The van der Waals surface area contributed by atoms with Gasteiger partial charge in [-0.1, -0.05) is 0 Å². The Hall–Kier alpha value is -1.85. The van der Waals surface area contributed by atoms with Gasteiger partial charge in [0.15, 0.2) is 0 Å². The van der Waals surface area contributed by atoms with Crippen molar-refractivity contribution in [3.63, 3.8) is 0 Å². The molecule has 0 saturated heterocycles. The second-order valence-electron chi connectivity index (χ2n) is 1.77. The van der Waals surface area contributed by atoms with Crippen LogP contribution in [0.1, 0.15) is 5.82 Å². The standard InChI is InChI=1S/C5H3N6/c1-2-6-4(7-3-1)5-8-10-11-9-5/h1-3H. The number of nitrogens with zero attached hydrogens (tertiary/aromatic N) is 6. The minimum Gasteiger partial charge on any atom is -0.234 e. The fraction of sp³-hybridized carbons (Fsp3) is 0. The largest absolute Gasteiger partial charge is 0.244 e. The van der Waals surface area contributed by atoms with Crippen molar-refractivity contribution in [2.24, 2.45) is 15.4 Å². The summed E-state index contributed by atoms with van der Waals surface area (Å²) in [7, 11) is 0. The molecule has 6 heteroatoms. The van der Waals surface area contributed by atoms with Gasteiger partial charge < -0.3 is 0 Å². The van der Waals surface area contributed by atoms with Gasteiger partial charge in [0.2, 0.25) is 11.7 Å². The molecule has 1 radical (unpaired) electrons. The first-order valence-corrected chi connectivity index (χ1v) is 2.93. The third-order valence-corrected chi connectivity index (χ3v) is 1.08. The second kappa shape index (κ2) is 2.41. The number of aromatic nitrogens is 2. The van der Waals surface area contributed by atoms with Crippen LogP contribution in [-0.4, -0.2) is 15.8 Å². The van der Waals surface area contributed by atoms with Crippen molar-refractivity contribution >= 4 is 5.84 Å². The van der Waals surface area contributed by atoms with Gasteiger partial charge in [0.25, 0.3) is 0 Å². The predicted octanol–water partition coefficient (Wildman–Crippen LogP) is 0.123. The van der Waals surface area contributed by atoms with E-state index in [0.717, 1.165) is 0 Å². The average molecular weight is 147 g/mol. The molecular weight excluding hydrogens is 144 g/mol. The minimum absolute atomic E-state index is 0.352. The molecule has 1 aromatic heterocycles. The normalized spacial score (nSPS) is 14.4. The van der Waals surface area contributed by atoms with Crippen molar-refractivity contribution in [3.05, 3.63) is 24.3 Å². The fourth-order valence-corrected chi connectivity index (χ4v) is 0.649. The maximum absolute atomic E-state index is 3.91. The number of rotatable bonds is 1. The van der Waals surface area contributed by atoms with E-state index in [-0.39, 0.29) is 0 Å². The van der Waals surface area contributed by atoms with Gasteiger partial charge in [0.05, 0.1) is 0 Å². The van der Waals surface area contributed by atoms with Crippen LogP contribution < -0.4 is 5.53 Å². The van der Waals surface area contributed by atoms with E-state index in [1.807, 2.05) is 0 Å². The van der Waals surface area contributed by atoms with Crippen LogP contribution in [-0.2, 0) is 0 Å². The Balaban J connectivity index is 2.37. The Morgan fingerprint density at radius 1 is 1.09 bits per heavy atom. The summed E-state index contributed by atoms with van der Waals surface area (Å²) in [6.07, 6.45) is 3.22. The van der Waals surface area contributed by atoms with Crippen molar-refractivity contribution in [2.75, 3.05) is 0 Å². The molecule has 2 heterocycles. The van der Waals surface area contributed by atoms with Crippen LogP contribution in [0.15, 0.2) is 33.9 Å². The summed E-state index contributed by atoms with van der Waals surface area (Å²) in [6, 6.07) is 1.72. The molecule has 2 rings (SSSR count). The van der Waals surface area contributed by atoms with Crippen molar-refractivity contribution < 1.29 is 0 Å². The number of hydrogen-bond acceptors (Lipinski definition) is 5. The molecule has 0 N–H and O–H groups in total. The Morgan fingerprint density at radius 2 is 1.91 bits per heavy atom. The van der Waals surface area contributed by atoms with E-state index in [0.29, 0.717) is 11.7 Å². The van der Waals surface area contributed by atoms with E-state index < -0.39 is 0 Å². The van der Waals surface area contributed by atoms with Gasteiger partial charge in [-0.25, -0.2) is 9.97 Å². The molecular formula is C5H3N6. The summed E-state index contributed by atoms with van der Waals surface area (Å²) in [5.74, 6) is 0.795. The summed E-state index contributed by atoms with van der Waals surface area (Å²) < 4.78 is 0.